The molecule has 2 nitrogen and oxygen atoms in total. The monoisotopic (exact) mass is 282 g/mol. The van der Waals surface area contributed by atoms with Gasteiger partial charge in [0.25, 0.3) is 0 Å². The van der Waals surface area contributed by atoms with Gasteiger partial charge in [0.2, 0.25) is 0 Å². The van der Waals surface area contributed by atoms with E-state index in [2.05, 4.69) is 31.2 Å². The van der Waals surface area contributed by atoms with Crippen LogP contribution in [0.4, 0.5) is 0 Å². The molecule has 0 amide bonds. The molecule has 0 atom stereocenters. The van der Waals surface area contributed by atoms with Crippen molar-refractivity contribution < 1.29 is 9.90 Å². The highest BCUT2D eigenvalue weighted by atomic mass is 16.3. The minimum Gasteiger partial charge on any atom is -0.508 e. The number of Topliss-reactive ketones (excluding diaryl/α,β-unsaturated/α-hetero) is 1. The summed E-state index contributed by atoms with van der Waals surface area (Å²) in [6.07, 6.45) is 4.11. The van der Waals surface area contributed by atoms with Crippen LogP contribution in [0.25, 0.3) is 0 Å². The largest absolute Gasteiger partial charge is 0.508 e. The molecule has 0 spiro atoms. The Balaban J connectivity index is 1.67. The summed E-state index contributed by atoms with van der Waals surface area (Å²) >= 11 is 0. The van der Waals surface area contributed by atoms with Gasteiger partial charge in [-0.2, -0.15) is 0 Å². The lowest BCUT2D eigenvalue weighted by Crippen LogP contribution is -2.02. The zero-order valence-electron chi connectivity index (χ0n) is 12.5. The smallest absolute Gasteiger partial charge is 0.137 e. The van der Waals surface area contributed by atoms with E-state index >= 15 is 0 Å². The SMILES string of the molecule is Cc1ccc(CCCCC(=O)Cc2ccc(O)cc2)cc1. The van der Waals surface area contributed by atoms with Crippen molar-refractivity contribution in [3.63, 3.8) is 0 Å². The van der Waals surface area contributed by atoms with Crippen LogP contribution < -0.4 is 0 Å². The second kappa shape index (κ2) is 7.63. The second-order valence-electron chi connectivity index (χ2n) is 5.57. The normalized spacial score (nSPS) is 10.5. The van der Waals surface area contributed by atoms with E-state index < -0.39 is 0 Å². The van der Waals surface area contributed by atoms with E-state index in [4.69, 9.17) is 0 Å². The molecule has 0 aliphatic heterocycles. The summed E-state index contributed by atoms with van der Waals surface area (Å²) in [6, 6.07) is 15.4. The molecule has 0 aliphatic carbocycles. The lowest BCUT2D eigenvalue weighted by Gasteiger charge is -2.03. The fourth-order valence-electron chi connectivity index (χ4n) is 2.34. The number of aromatic hydroxyl groups is 1. The maximum atomic E-state index is 11.9. The molecule has 0 saturated heterocycles. The summed E-state index contributed by atoms with van der Waals surface area (Å²) in [5, 5.41) is 9.20. The summed E-state index contributed by atoms with van der Waals surface area (Å²) in [5.41, 5.74) is 3.59. The Bertz CT molecular complexity index is 568. The lowest BCUT2D eigenvalue weighted by atomic mass is 10.0. The predicted molar refractivity (Wildman–Crippen MR) is 85.6 cm³/mol. The average Bonchev–Trinajstić information content (AvgIpc) is 2.48. The highest BCUT2D eigenvalue weighted by Crippen LogP contribution is 2.12. The minimum atomic E-state index is 0.240. The number of rotatable bonds is 7. The summed E-state index contributed by atoms with van der Waals surface area (Å²) in [7, 11) is 0. The molecule has 2 aromatic carbocycles. The number of ketones is 1. The van der Waals surface area contributed by atoms with E-state index in [0.717, 1.165) is 24.8 Å². The number of benzene rings is 2. The quantitative estimate of drug-likeness (QED) is 0.772. The van der Waals surface area contributed by atoms with Crippen LogP contribution in [0.5, 0.6) is 5.75 Å². The molecule has 0 fully saturated rings. The van der Waals surface area contributed by atoms with Crippen LogP contribution >= 0.6 is 0 Å². The molecule has 2 rings (SSSR count). The maximum Gasteiger partial charge on any atom is 0.137 e. The minimum absolute atomic E-state index is 0.240. The van der Waals surface area contributed by atoms with Gasteiger partial charge < -0.3 is 5.11 Å². The van der Waals surface area contributed by atoms with Gasteiger partial charge in [0.15, 0.2) is 0 Å². The van der Waals surface area contributed by atoms with Crippen molar-refractivity contribution >= 4 is 5.78 Å². The molecular formula is C19H22O2. The molecule has 0 aromatic heterocycles. The lowest BCUT2D eigenvalue weighted by molar-refractivity contribution is -0.118. The van der Waals surface area contributed by atoms with Crippen LogP contribution in [-0.2, 0) is 17.6 Å². The molecule has 0 saturated carbocycles. The number of phenolic OH excluding ortho intramolecular Hbond substituents is 1. The highest BCUT2D eigenvalue weighted by molar-refractivity contribution is 5.80. The third kappa shape index (κ3) is 5.42. The number of aryl methyl sites for hydroxylation is 2. The van der Waals surface area contributed by atoms with Crippen molar-refractivity contribution in [2.24, 2.45) is 0 Å². The highest BCUT2D eigenvalue weighted by Gasteiger charge is 2.04. The van der Waals surface area contributed by atoms with Crippen molar-refractivity contribution in [1.29, 1.82) is 0 Å². The Kier molecular flexibility index (Phi) is 5.56. The fourth-order valence-corrected chi connectivity index (χ4v) is 2.34. The molecule has 2 heteroatoms. The third-order valence-corrected chi connectivity index (χ3v) is 3.63. The Morgan fingerprint density at radius 3 is 2.19 bits per heavy atom. The first kappa shape index (κ1) is 15.3. The molecule has 0 bridgehead atoms. The number of carbonyl (C=O) groups is 1. The molecule has 0 aliphatic rings. The summed E-state index contributed by atoms with van der Waals surface area (Å²) in [4.78, 5) is 11.9. The Hall–Kier alpha value is -2.09. The van der Waals surface area contributed by atoms with Gasteiger partial charge in [0, 0.05) is 12.8 Å². The summed E-state index contributed by atoms with van der Waals surface area (Å²) in [6.45, 7) is 2.09. The Morgan fingerprint density at radius 1 is 0.905 bits per heavy atom. The molecule has 2 aromatic rings. The number of hydrogen-bond donors (Lipinski definition) is 1. The van der Waals surface area contributed by atoms with Crippen LogP contribution in [0.1, 0.15) is 36.0 Å². The average molecular weight is 282 g/mol. The number of carbonyl (C=O) groups excluding carboxylic acids is 1. The first-order valence-corrected chi connectivity index (χ1v) is 7.48. The van der Waals surface area contributed by atoms with E-state index in [0.29, 0.717) is 12.8 Å². The number of phenols is 1. The van der Waals surface area contributed by atoms with Crippen molar-refractivity contribution in [2.75, 3.05) is 0 Å². The van der Waals surface area contributed by atoms with Crippen molar-refractivity contribution in [3.05, 3.63) is 65.2 Å². The fraction of sp³-hybridized carbons (Fsp3) is 0.316. The van der Waals surface area contributed by atoms with Crippen LogP contribution in [0.2, 0.25) is 0 Å². The van der Waals surface area contributed by atoms with E-state index in [1.54, 1.807) is 24.3 Å². The van der Waals surface area contributed by atoms with Crippen molar-refractivity contribution in [3.8, 4) is 5.75 Å². The van der Waals surface area contributed by atoms with E-state index in [1.807, 2.05) is 0 Å². The molecule has 0 radical (unpaired) electrons. The first-order valence-electron chi connectivity index (χ1n) is 7.48. The van der Waals surface area contributed by atoms with Crippen LogP contribution in [-0.4, -0.2) is 10.9 Å². The van der Waals surface area contributed by atoms with Crippen LogP contribution in [0, 0.1) is 6.92 Å². The van der Waals surface area contributed by atoms with Gasteiger partial charge in [-0.3, -0.25) is 4.79 Å². The van der Waals surface area contributed by atoms with E-state index in [1.165, 1.54) is 11.1 Å². The van der Waals surface area contributed by atoms with Gasteiger partial charge in [-0.1, -0.05) is 42.0 Å². The summed E-state index contributed by atoms with van der Waals surface area (Å²) < 4.78 is 0. The summed E-state index contributed by atoms with van der Waals surface area (Å²) in [5.74, 6) is 0.508. The predicted octanol–water partition coefficient (Wildman–Crippen LogP) is 4.23. The maximum absolute atomic E-state index is 11.9. The van der Waals surface area contributed by atoms with Crippen LogP contribution in [0.3, 0.4) is 0 Å². The number of unbranched alkanes of at least 4 members (excludes halogenated alkanes) is 1. The molecule has 0 unspecified atom stereocenters. The van der Waals surface area contributed by atoms with E-state index in [9.17, 15) is 9.90 Å². The van der Waals surface area contributed by atoms with Crippen molar-refractivity contribution in [1.82, 2.24) is 0 Å². The molecule has 0 heterocycles. The standard InChI is InChI=1S/C19H22O2/c1-15-6-8-16(9-7-15)4-2-3-5-19(21)14-17-10-12-18(20)13-11-17/h6-13,20H,2-5,14H2,1H3. The zero-order chi connectivity index (χ0) is 15.1. The van der Waals surface area contributed by atoms with Gasteiger partial charge in [-0.05, 0) is 49.4 Å². The first-order chi connectivity index (χ1) is 10.1. The van der Waals surface area contributed by atoms with E-state index in [-0.39, 0.29) is 11.5 Å². The third-order valence-electron chi connectivity index (χ3n) is 3.63. The van der Waals surface area contributed by atoms with Crippen molar-refractivity contribution in [2.45, 2.75) is 39.0 Å². The molecular weight excluding hydrogens is 260 g/mol. The second-order valence-corrected chi connectivity index (χ2v) is 5.57. The Labute approximate surface area is 126 Å². The zero-order valence-corrected chi connectivity index (χ0v) is 12.5. The van der Waals surface area contributed by atoms with Crippen LogP contribution in [0.15, 0.2) is 48.5 Å². The number of hydrogen-bond acceptors (Lipinski definition) is 2. The van der Waals surface area contributed by atoms with Gasteiger partial charge in [-0.25, -0.2) is 0 Å². The Morgan fingerprint density at radius 2 is 1.52 bits per heavy atom. The molecule has 1 N–H and O–H groups in total. The van der Waals surface area contributed by atoms with Gasteiger partial charge in [-0.15, -0.1) is 0 Å². The topological polar surface area (TPSA) is 37.3 Å². The van der Waals surface area contributed by atoms with Gasteiger partial charge in [0.05, 0.1) is 0 Å². The molecule has 110 valence electrons. The molecule has 21 heavy (non-hydrogen) atoms. The van der Waals surface area contributed by atoms with Gasteiger partial charge >= 0.3 is 0 Å². The van der Waals surface area contributed by atoms with Gasteiger partial charge in [0.1, 0.15) is 11.5 Å².